The molecule has 4 rings (SSSR count). The molecule has 6 heteroatoms. The smallest absolute Gasteiger partial charge is 0.272 e. The van der Waals surface area contributed by atoms with Gasteiger partial charge in [0.15, 0.2) is 5.69 Å². The number of carbonyl (C=O) groups excluding carboxylic acids is 1. The van der Waals surface area contributed by atoms with E-state index >= 15 is 0 Å². The molecular weight excluding hydrogens is 340 g/mol. The van der Waals surface area contributed by atoms with Crippen molar-refractivity contribution in [2.24, 2.45) is 0 Å². The maximum Gasteiger partial charge on any atom is 0.272 e. The summed E-state index contributed by atoms with van der Waals surface area (Å²) in [6.45, 7) is 7.82. The van der Waals surface area contributed by atoms with Gasteiger partial charge in [-0.05, 0) is 50.9 Å². The molecule has 0 bridgehead atoms. The summed E-state index contributed by atoms with van der Waals surface area (Å²) in [5.41, 5.74) is 4.88. The van der Waals surface area contributed by atoms with Gasteiger partial charge in [0.2, 0.25) is 0 Å². The topological polar surface area (TPSA) is 70.2 Å². The Morgan fingerprint density at radius 3 is 2.78 bits per heavy atom. The zero-order chi connectivity index (χ0) is 18.8. The Morgan fingerprint density at radius 2 is 2.00 bits per heavy atom. The van der Waals surface area contributed by atoms with E-state index in [0.29, 0.717) is 18.7 Å². The number of amides is 1. The van der Waals surface area contributed by atoms with Crippen molar-refractivity contribution in [1.29, 1.82) is 0 Å². The summed E-state index contributed by atoms with van der Waals surface area (Å²) in [5.74, 6) is -0.121. The highest BCUT2D eigenvalue weighted by atomic mass is 16.5. The summed E-state index contributed by atoms with van der Waals surface area (Å²) in [6, 6.07) is 8.37. The maximum atomic E-state index is 12.8. The van der Waals surface area contributed by atoms with Gasteiger partial charge in [0.25, 0.3) is 5.91 Å². The highest BCUT2D eigenvalue weighted by Gasteiger charge is 2.29. The monoisotopic (exact) mass is 368 g/mol. The first kappa shape index (κ1) is 18.2. The predicted molar refractivity (Wildman–Crippen MR) is 103 cm³/mol. The number of fused-ring (bicyclic) bond motifs is 1. The van der Waals surface area contributed by atoms with E-state index in [4.69, 9.17) is 4.74 Å². The summed E-state index contributed by atoms with van der Waals surface area (Å²) in [7, 11) is 0. The molecule has 2 N–H and O–H groups in total. The van der Waals surface area contributed by atoms with Crippen LogP contribution in [0.25, 0.3) is 0 Å². The van der Waals surface area contributed by atoms with Gasteiger partial charge in [-0.3, -0.25) is 14.8 Å². The molecule has 1 amide bonds. The maximum absolute atomic E-state index is 12.8. The zero-order valence-corrected chi connectivity index (χ0v) is 16.1. The van der Waals surface area contributed by atoms with E-state index in [1.54, 1.807) is 0 Å². The van der Waals surface area contributed by atoms with Crippen LogP contribution in [0.5, 0.6) is 0 Å². The van der Waals surface area contributed by atoms with Crippen molar-refractivity contribution in [1.82, 2.24) is 20.4 Å². The van der Waals surface area contributed by atoms with Gasteiger partial charge in [0, 0.05) is 25.1 Å². The molecule has 1 aromatic heterocycles. The van der Waals surface area contributed by atoms with Gasteiger partial charge in [-0.2, -0.15) is 5.10 Å². The summed E-state index contributed by atoms with van der Waals surface area (Å²) in [5, 5.41) is 10.3. The van der Waals surface area contributed by atoms with Crippen molar-refractivity contribution in [3.05, 3.63) is 52.3 Å². The van der Waals surface area contributed by atoms with Crippen molar-refractivity contribution in [2.75, 3.05) is 13.1 Å². The van der Waals surface area contributed by atoms with Crippen molar-refractivity contribution in [3.8, 4) is 0 Å². The summed E-state index contributed by atoms with van der Waals surface area (Å²) in [6.07, 6.45) is 3.31. The second-order valence-electron chi connectivity index (χ2n) is 7.69. The molecule has 2 aromatic rings. The number of hydrogen-bond donors (Lipinski definition) is 2. The van der Waals surface area contributed by atoms with Crippen LogP contribution in [0.2, 0.25) is 0 Å². The average molecular weight is 368 g/mol. The molecule has 0 saturated carbocycles. The second kappa shape index (κ2) is 7.82. The number of ether oxygens (including phenoxy) is 1. The van der Waals surface area contributed by atoms with Crippen LogP contribution in [-0.2, 0) is 24.2 Å². The molecule has 2 aliphatic rings. The van der Waals surface area contributed by atoms with E-state index in [0.717, 1.165) is 17.8 Å². The van der Waals surface area contributed by atoms with E-state index in [-0.39, 0.29) is 18.1 Å². The van der Waals surface area contributed by atoms with Crippen molar-refractivity contribution in [3.63, 3.8) is 0 Å². The first-order chi connectivity index (χ1) is 13.1. The van der Waals surface area contributed by atoms with Crippen LogP contribution in [0.3, 0.4) is 0 Å². The molecule has 1 fully saturated rings. The standard InChI is InChI=1S/C21H28N4O2/c1-14-11-18-19(15(2)27-14)23-24-20(18)21(26)22-12-16-7-3-4-8-17(16)13-25-9-5-6-10-25/h3-4,7-8,14-15H,5-6,9-13H2,1-2H3,(H,22,26)(H,23,24)/t14-,15+/m1/s1. The fourth-order valence-electron chi connectivity index (χ4n) is 4.19. The molecule has 0 unspecified atom stereocenters. The minimum atomic E-state index is -0.121. The van der Waals surface area contributed by atoms with E-state index in [1.165, 1.54) is 37.1 Å². The van der Waals surface area contributed by atoms with Crippen LogP contribution in [0.4, 0.5) is 0 Å². The Balaban J connectivity index is 1.45. The first-order valence-corrected chi connectivity index (χ1v) is 9.91. The Bertz CT molecular complexity index is 810. The number of H-pyrrole nitrogens is 1. The minimum absolute atomic E-state index is 0.0565. The van der Waals surface area contributed by atoms with Gasteiger partial charge in [0.05, 0.1) is 17.9 Å². The van der Waals surface area contributed by atoms with Crippen molar-refractivity contribution >= 4 is 5.91 Å². The molecule has 1 saturated heterocycles. The molecule has 2 aliphatic heterocycles. The van der Waals surface area contributed by atoms with Gasteiger partial charge < -0.3 is 10.1 Å². The third-order valence-electron chi connectivity index (χ3n) is 5.60. The molecule has 27 heavy (non-hydrogen) atoms. The molecule has 0 aliphatic carbocycles. The molecule has 3 heterocycles. The molecule has 0 spiro atoms. The fraction of sp³-hybridized carbons (Fsp3) is 0.524. The molecule has 6 nitrogen and oxygen atoms in total. The Kier molecular flexibility index (Phi) is 5.27. The number of carbonyl (C=O) groups is 1. The van der Waals surface area contributed by atoms with E-state index < -0.39 is 0 Å². The molecular formula is C21H28N4O2. The lowest BCUT2D eigenvalue weighted by Gasteiger charge is -2.25. The summed E-state index contributed by atoms with van der Waals surface area (Å²) in [4.78, 5) is 15.3. The highest BCUT2D eigenvalue weighted by molar-refractivity contribution is 5.94. The fourth-order valence-corrected chi connectivity index (χ4v) is 4.19. The quantitative estimate of drug-likeness (QED) is 0.851. The molecule has 2 atom stereocenters. The number of nitrogens with one attached hydrogen (secondary N) is 2. The molecule has 144 valence electrons. The SMILES string of the molecule is C[C@@H]1Cc2c(C(=O)NCc3ccccc3CN3CCCC3)n[nH]c2[C@H](C)O1. The Labute approximate surface area is 160 Å². The minimum Gasteiger partial charge on any atom is -0.369 e. The van der Waals surface area contributed by atoms with Crippen LogP contribution in [0.15, 0.2) is 24.3 Å². The number of aromatic amines is 1. The van der Waals surface area contributed by atoms with E-state index in [1.807, 2.05) is 19.9 Å². The molecule has 1 aromatic carbocycles. The zero-order valence-electron chi connectivity index (χ0n) is 16.1. The van der Waals surface area contributed by atoms with Gasteiger partial charge in [-0.25, -0.2) is 0 Å². The lowest BCUT2D eigenvalue weighted by molar-refractivity contribution is -0.00697. The third kappa shape index (κ3) is 3.92. The van der Waals surface area contributed by atoms with Crippen LogP contribution in [-0.4, -0.2) is 40.2 Å². The van der Waals surface area contributed by atoms with Gasteiger partial charge >= 0.3 is 0 Å². The number of likely N-dealkylation sites (tertiary alicyclic amines) is 1. The highest BCUT2D eigenvalue weighted by Crippen LogP contribution is 2.30. The number of nitrogens with zero attached hydrogens (tertiary/aromatic N) is 2. The third-order valence-corrected chi connectivity index (χ3v) is 5.60. The summed E-state index contributed by atoms with van der Waals surface area (Å²) < 4.78 is 5.81. The van der Waals surface area contributed by atoms with Crippen LogP contribution in [0, 0.1) is 0 Å². The number of rotatable bonds is 5. The van der Waals surface area contributed by atoms with E-state index in [2.05, 4.69) is 38.6 Å². The average Bonchev–Trinajstić information content (AvgIpc) is 3.30. The van der Waals surface area contributed by atoms with Crippen LogP contribution in [0.1, 0.15) is 65.7 Å². The summed E-state index contributed by atoms with van der Waals surface area (Å²) >= 11 is 0. The van der Waals surface area contributed by atoms with Gasteiger partial charge in [0.1, 0.15) is 0 Å². The lowest BCUT2D eigenvalue weighted by Crippen LogP contribution is -2.28. The second-order valence-corrected chi connectivity index (χ2v) is 7.69. The number of hydrogen-bond acceptors (Lipinski definition) is 4. The van der Waals surface area contributed by atoms with Gasteiger partial charge in [-0.15, -0.1) is 0 Å². The first-order valence-electron chi connectivity index (χ1n) is 9.91. The Hall–Kier alpha value is -2.18. The van der Waals surface area contributed by atoms with Crippen LogP contribution < -0.4 is 5.32 Å². The molecule has 0 radical (unpaired) electrons. The van der Waals surface area contributed by atoms with E-state index in [9.17, 15) is 4.79 Å². The van der Waals surface area contributed by atoms with Crippen molar-refractivity contribution < 1.29 is 9.53 Å². The largest absolute Gasteiger partial charge is 0.369 e. The normalized spacial score (nSPS) is 22.6. The predicted octanol–water partition coefficient (Wildman–Crippen LogP) is 2.96. The van der Waals surface area contributed by atoms with Crippen molar-refractivity contribution in [2.45, 2.75) is 58.4 Å². The number of aromatic nitrogens is 2. The van der Waals surface area contributed by atoms with Crippen LogP contribution >= 0.6 is 0 Å². The Morgan fingerprint density at radius 1 is 1.26 bits per heavy atom. The lowest BCUT2D eigenvalue weighted by atomic mass is 9.99. The number of benzene rings is 1. The van der Waals surface area contributed by atoms with Gasteiger partial charge in [-0.1, -0.05) is 24.3 Å².